The Hall–Kier alpha value is -2.61. The molecule has 0 atom stereocenters. The van der Waals surface area contributed by atoms with E-state index < -0.39 is 11.8 Å². The van der Waals surface area contributed by atoms with Gasteiger partial charge >= 0.3 is 0 Å². The maximum Gasteiger partial charge on any atom is 0.261 e. The first kappa shape index (κ1) is 15.3. The number of amides is 3. The van der Waals surface area contributed by atoms with Gasteiger partial charge in [-0.2, -0.15) is 0 Å². The van der Waals surface area contributed by atoms with E-state index in [0.29, 0.717) is 16.3 Å². The van der Waals surface area contributed by atoms with Crippen LogP contribution in [0.15, 0.2) is 18.2 Å². The summed E-state index contributed by atoms with van der Waals surface area (Å²) in [7, 11) is 1.42. The zero-order chi connectivity index (χ0) is 16.7. The Morgan fingerprint density at radius 1 is 1.17 bits per heavy atom. The van der Waals surface area contributed by atoms with Gasteiger partial charge in [0.15, 0.2) is 0 Å². The van der Waals surface area contributed by atoms with Crippen molar-refractivity contribution in [3.8, 4) is 0 Å². The number of nitrogens with zero attached hydrogens (tertiary/aromatic N) is 3. The molecule has 0 bridgehead atoms. The highest BCUT2D eigenvalue weighted by atomic mass is 32.1. The second-order valence-electron chi connectivity index (χ2n) is 5.48. The average molecular weight is 330 g/mol. The summed E-state index contributed by atoms with van der Waals surface area (Å²) in [6.07, 6.45) is 0. The third kappa shape index (κ3) is 2.61. The van der Waals surface area contributed by atoms with Gasteiger partial charge in [0.1, 0.15) is 5.01 Å². The maximum atomic E-state index is 12.3. The molecule has 1 aromatic carbocycles. The molecule has 0 fully saturated rings. The molecule has 7 nitrogen and oxygen atoms in total. The highest BCUT2D eigenvalue weighted by Gasteiger charge is 2.33. The molecule has 0 aliphatic carbocycles. The van der Waals surface area contributed by atoms with E-state index in [9.17, 15) is 14.4 Å². The topological polar surface area (TPSA) is 92.3 Å². The van der Waals surface area contributed by atoms with Crippen molar-refractivity contribution in [2.45, 2.75) is 19.8 Å². The molecule has 0 saturated carbocycles. The predicted molar refractivity (Wildman–Crippen MR) is 84.8 cm³/mol. The van der Waals surface area contributed by atoms with Gasteiger partial charge in [-0.15, -0.1) is 10.2 Å². The second kappa shape index (κ2) is 5.54. The number of carbonyl (C=O) groups excluding carboxylic acids is 3. The number of anilines is 1. The van der Waals surface area contributed by atoms with E-state index in [1.807, 2.05) is 13.8 Å². The van der Waals surface area contributed by atoms with Crippen LogP contribution in [0.2, 0.25) is 0 Å². The molecule has 3 rings (SSSR count). The van der Waals surface area contributed by atoms with Crippen LogP contribution < -0.4 is 5.32 Å². The number of aromatic nitrogens is 2. The minimum Gasteiger partial charge on any atom is -0.296 e. The van der Waals surface area contributed by atoms with Gasteiger partial charge < -0.3 is 0 Å². The Morgan fingerprint density at radius 2 is 1.87 bits per heavy atom. The van der Waals surface area contributed by atoms with Crippen LogP contribution in [0.25, 0.3) is 0 Å². The first-order valence-corrected chi connectivity index (χ1v) is 7.81. The number of nitrogens with one attached hydrogen (secondary N) is 1. The summed E-state index contributed by atoms with van der Waals surface area (Å²) < 4.78 is 0. The molecule has 0 saturated heterocycles. The molecule has 0 spiro atoms. The molecule has 1 aliphatic heterocycles. The number of benzene rings is 1. The summed E-state index contributed by atoms with van der Waals surface area (Å²) in [5.41, 5.74) is 0.846. The molecule has 8 heteroatoms. The minimum absolute atomic E-state index is 0.234. The quantitative estimate of drug-likeness (QED) is 0.871. The summed E-state index contributed by atoms with van der Waals surface area (Å²) >= 11 is 1.31. The Kier molecular flexibility index (Phi) is 3.69. The summed E-state index contributed by atoms with van der Waals surface area (Å²) in [6, 6.07) is 4.44. The van der Waals surface area contributed by atoms with Gasteiger partial charge in [0.25, 0.3) is 17.7 Å². The lowest BCUT2D eigenvalue weighted by atomic mass is 10.1. The number of fused-ring (bicyclic) bond motifs is 1. The van der Waals surface area contributed by atoms with Crippen molar-refractivity contribution in [3.63, 3.8) is 0 Å². The fourth-order valence-electron chi connectivity index (χ4n) is 2.19. The summed E-state index contributed by atoms with van der Waals surface area (Å²) in [4.78, 5) is 37.1. The van der Waals surface area contributed by atoms with Crippen molar-refractivity contribution in [1.29, 1.82) is 0 Å². The standard InChI is InChI=1S/C15H14N4O3S/c1-7(2)12-17-18-15(23-12)16-11(20)8-4-5-9-10(6-8)14(22)19(3)13(9)21/h4-7H,1-3H3,(H,16,18,20). The Labute approximate surface area is 136 Å². The normalized spacial score (nSPS) is 13.7. The van der Waals surface area contributed by atoms with Gasteiger partial charge in [0.2, 0.25) is 5.13 Å². The van der Waals surface area contributed by atoms with Crippen molar-refractivity contribution in [1.82, 2.24) is 15.1 Å². The smallest absolute Gasteiger partial charge is 0.261 e. The van der Waals surface area contributed by atoms with Gasteiger partial charge in [0, 0.05) is 18.5 Å². The predicted octanol–water partition coefficient (Wildman–Crippen LogP) is 2.14. The fraction of sp³-hybridized carbons (Fsp3) is 0.267. The molecule has 2 heterocycles. The van der Waals surface area contributed by atoms with Crippen molar-refractivity contribution < 1.29 is 14.4 Å². The van der Waals surface area contributed by atoms with Crippen LogP contribution in [-0.2, 0) is 0 Å². The van der Waals surface area contributed by atoms with Gasteiger partial charge in [0.05, 0.1) is 11.1 Å². The van der Waals surface area contributed by atoms with Crippen LogP contribution in [0, 0.1) is 0 Å². The second-order valence-corrected chi connectivity index (χ2v) is 6.49. The molecular weight excluding hydrogens is 316 g/mol. The van der Waals surface area contributed by atoms with Gasteiger partial charge in [-0.05, 0) is 18.2 Å². The van der Waals surface area contributed by atoms with E-state index in [4.69, 9.17) is 0 Å². The molecule has 0 radical (unpaired) electrons. The minimum atomic E-state index is -0.405. The van der Waals surface area contributed by atoms with Crippen molar-refractivity contribution in [2.75, 3.05) is 12.4 Å². The lowest BCUT2D eigenvalue weighted by Crippen LogP contribution is -2.24. The number of imide groups is 1. The Morgan fingerprint density at radius 3 is 2.52 bits per heavy atom. The average Bonchev–Trinajstić information content (AvgIpc) is 3.07. The first-order chi connectivity index (χ1) is 10.9. The molecule has 3 amide bonds. The van der Waals surface area contributed by atoms with Crippen molar-refractivity contribution >= 4 is 34.2 Å². The molecule has 1 aromatic heterocycles. The molecular formula is C15H14N4O3S. The van der Waals surface area contributed by atoms with Crippen LogP contribution in [0.5, 0.6) is 0 Å². The SMILES string of the molecule is CC(C)c1nnc(NC(=O)c2ccc3c(c2)C(=O)N(C)C3=O)s1. The molecule has 2 aromatic rings. The number of carbonyl (C=O) groups is 3. The summed E-state index contributed by atoms with van der Waals surface area (Å²) in [5.74, 6) is -0.924. The number of hydrogen-bond acceptors (Lipinski definition) is 6. The van der Waals surface area contributed by atoms with Crippen LogP contribution >= 0.6 is 11.3 Å². The molecule has 0 unspecified atom stereocenters. The number of hydrogen-bond donors (Lipinski definition) is 1. The zero-order valence-corrected chi connectivity index (χ0v) is 13.6. The molecule has 118 valence electrons. The summed E-state index contributed by atoms with van der Waals surface area (Å²) in [5, 5.41) is 11.8. The van der Waals surface area contributed by atoms with E-state index in [2.05, 4.69) is 15.5 Å². The maximum absolute atomic E-state index is 12.3. The van der Waals surface area contributed by atoms with Crippen LogP contribution in [0.4, 0.5) is 5.13 Å². The molecule has 1 aliphatic rings. The largest absolute Gasteiger partial charge is 0.296 e. The zero-order valence-electron chi connectivity index (χ0n) is 12.8. The van der Waals surface area contributed by atoms with E-state index >= 15 is 0 Å². The lowest BCUT2D eigenvalue weighted by molar-refractivity contribution is 0.0693. The molecule has 23 heavy (non-hydrogen) atoms. The number of rotatable bonds is 3. The van der Waals surface area contributed by atoms with E-state index in [-0.39, 0.29) is 17.4 Å². The van der Waals surface area contributed by atoms with E-state index in [1.54, 1.807) is 0 Å². The summed E-state index contributed by atoms with van der Waals surface area (Å²) in [6.45, 7) is 3.98. The highest BCUT2D eigenvalue weighted by molar-refractivity contribution is 7.15. The van der Waals surface area contributed by atoms with E-state index in [0.717, 1.165) is 9.91 Å². The monoisotopic (exact) mass is 330 g/mol. The van der Waals surface area contributed by atoms with Crippen LogP contribution in [0.3, 0.4) is 0 Å². The van der Waals surface area contributed by atoms with Crippen molar-refractivity contribution in [2.24, 2.45) is 0 Å². The third-order valence-electron chi connectivity index (χ3n) is 3.51. The molecule has 1 N–H and O–H groups in total. The lowest BCUT2D eigenvalue weighted by Gasteiger charge is -2.03. The van der Waals surface area contributed by atoms with Crippen LogP contribution in [-0.4, -0.2) is 39.9 Å². The Balaban J connectivity index is 1.84. The van der Waals surface area contributed by atoms with E-state index in [1.165, 1.54) is 36.6 Å². The van der Waals surface area contributed by atoms with Gasteiger partial charge in [-0.25, -0.2) is 0 Å². The fourth-order valence-corrected chi connectivity index (χ4v) is 2.93. The van der Waals surface area contributed by atoms with Gasteiger partial charge in [-0.1, -0.05) is 25.2 Å². The van der Waals surface area contributed by atoms with Crippen molar-refractivity contribution in [3.05, 3.63) is 39.9 Å². The highest BCUT2D eigenvalue weighted by Crippen LogP contribution is 2.25. The first-order valence-electron chi connectivity index (χ1n) is 6.99. The Bertz CT molecular complexity index is 828. The van der Waals surface area contributed by atoms with Crippen LogP contribution in [0.1, 0.15) is 55.8 Å². The third-order valence-corrected chi connectivity index (χ3v) is 4.65. The van der Waals surface area contributed by atoms with Gasteiger partial charge in [-0.3, -0.25) is 24.6 Å².